The number of ether oxygens (including phenoxy) is 1. The van der Waals surface area contributed by atoms with Crippen LogP contribution in [0.15, 0.2) is 61.1 Å². The van der Waals surface area contributed by atoms with Gasteiger partial charge in [0.1, 0.15) is 17.5 Å². The van der Waals surface area contributed by atoms with Gasteiger partial charge >= 0.3 is 0 Å². The minimum atomic E-state index is -0.472. The molecule has 1 aliphatic rings. The fourth-order valence-corrected chi connectivity index (χ4v) is 4.18. The molecular formula is C27H29FN4O4. The molecule has 3 aromatic rings. The fourth-order valence-electron chi connectivity index (χ4n) is 4.18. The molecule has 1 N–H and O–H groups in total. The molecule has 0 fully saturated rings. The number of carbonyl (C=O) groups excluding carboxylic acids is 2. The number of aromatic nitrogens is 2. The van der Waals surface area contributed by atoms with Crippen LogP contribution in [-0.2, 0) is 0 Å². The monoisotopic (exact) mass is 492 g/mol. The summed E-state index contributed by atoms with van der Waals surface area (Å²) in [5, 5.41) is 9.83. The topological polar surface area (TPSA) is 95.9 Å². The van der Waals surface area contributed by atoms with E-state index in [-0.39, 0.29) is 48.1 Å². The van der Waals surface area contributed by atoms with E-state index in [2.05, 4.69) is 9.97 Å². The predicted molar refractivity (Wildman–Crippen MR) is 132 cm³/mol. The van der Waals surface area contributed by atoms with Crippen molar-refractivity contribution < 1.29 is 23.8 Å². The Morgan fingerprint density at radius 1 is 1.25 bits per heavy atom. The minimum Gasteiger partial charge on any atom is -0.472 e. The van der Waals surface area contributed by atoms with Crippen molar-refractivity contribution >= 4 is 11.8 Å². The first-order chi connectivity index (χ1) is 17.3. The number of amides is 2. The van der Waals surface area contributed by atoms with Crippen molar-refractivity contribution in [2.45, 2.75) is 26.0 Å². The number of pyridine rings is 2. The lowest BCUT2D eigenvalue weighted by Crippen LogP contribution is -2.50. The van der Waals surface area contributed by atoms with Crippen LogP contribution in [0.5, 0.6) is 5.88 Å². The molecule has 0 saturated carbocycles. The van der Waals surface area contributed by atoms with Crippen molar-refractivity contribution in [2.24, 2.45) is 5.92 Å². The first-order valence-electron chi connectivity index (χ1n) is 11.8. The maximum Gasteiger partial charge on any atom is 0.259 e. The fraction of sp³-hybridized carbons (Fsp3) is 0.333. The molecule has 1 aliphatic heterocycles. The molecule has 0 bridgehead atoms. The molecule has 0 saturated heterocycles. The van der Waals surface area contributed by atoms with Gasteiger partial charge in [-0.2, -0.15) is 0 Å². The molecule has 3 atom stereocenters. The number of aliphatic hydroxyl groups is 1. The normalized spacial score (nSPS) is 18.5. The minimum absolute atomic E-state index is 0.153. The molecule has 0 aliphatic carbocycles. The molecule has 188 valence electrons. The lowest BCUT2D eigenvalue weighted by Gasteiger charge is -2.37. The highest BCUT2D eigenvalue weighted by Crippen LogP contribution is 2.30. The molecule has 2 amide bonds. The quantitative estimate of drug-likeness (QED) is 0.568. The Morgan fingerprint density at radius 3 is 2.67 bits per heavy atom. The van der Waals surface area contributed by atoms with Gasteiger partial charge in [0.25, 0.3) is 11.8 Å². The van der Waals surface area contributed by atoms with Crippen LogP contribution < -0.4 is 4.74 Å². The highest BCUT2D eigenvalue weighted by molar-refractivity contribution is 5.98. The van der Waals surface area contributed by atoms with Crippen molar-refractivity contribution in [3.8, 4) is 17.0 Å². The summed E-state index contributed by atoms with van der Waals surface area (Å²) >= 11 is 0. The number of benzene rings is 1. The zero-order valence-corrected chi connectivity index (χ0v) is 20.5. The summed E-state index contributed by atoms with van der Waals surface area (Å²) in [5.41, 5.74) is 2.05. The number of hydrogen-bond donors (Lipinski definition) is 1. The third-order valence-electron chi connectivity index (χ3n) is 6.41. The maximum atomic E-state index is 13.6. The van der Waals surface area contributed by atoms with Gasteiger partial charge in [-0.25, -0.2) is 9.37 Å². The Hall–Kier alpha value is -3.85. The van der Waals surface area contributed by atoms with Gasteiger partial charge in [-0.3, -0.25) is 14.6 Å². The number of hydrogen-bond acceptors (Lipinski definition) is 6. The van der Waals surface area contributed by atoms with Gasteiger partial charge in [-0.1, -0.05) is 19.1 Å². The van der Waals surface area contributed by atoms with Gasteiger partial charge < -0.3 is 19.6 Å². The van der Waals surface area contributed by atoms with Gasteiger partial charge in [0, 0.05) is 43.7 Å². The smallest absolute Gasteiger partial charge is 0.259 e. The molecule has 0 unspecified atom stereocenters. The SMILES string of the molecule is C[C@@H]1CN([C@@H](C)CO)C(=O)c2cc(-c3ccc(F)cc3)cnc2O[C@H]1CN(C)C(=O)c1cccnc1. The zero-order valence-electron chi connectivity index (χ0n) is 20.5. The second-order valence-electron chi connectivity index (χ2n) is 9.13. The van der Waals surface area contributed by atoms with Crippen LogP contribution in [0, 0.1) is 11.7 Å². The second-order valence-corrected chi connectivity index (χ2v) is 9.13. The highest BCUT2D eigenvalue weighted by atomic mass is 19.1. The van der Waals surface area contributed by atoms with Gasteiger partial charge in [-0.15, -0.1) is 0 Å². The summed E-state index contributed by atoms with van der Waals surface area (Å²) < 4.78 is 19.7. The Morgan fingerprint density at radius 2 is 2.00 bits per heavy atom. The van der Waals surface area contributed by atoms with Gasteiger partial charge in [0.2, 0.25) is 5.88 Å². The average Bonchev–Trinajstić information content (AvgIpc) is 2.90. The second kappa shape index (κ2) is 10.8. The number of fused-ring (bicyclic) bond motifs is 1. The number of aliphatic hydroxyl groups excluding tert-OH is 1. The molecule has 0 spiro atoms. The summed E-state index contributed by atoms with van der Waals surface area (Å²) in [4.78, 5) is 38.1. The molecular weight excluding hydrogens is 463 g/mol. The Balaban J connectivity index is 1.68. The Labute approximate surface area is 209 Å². The third kappa shape index (κ3) is 5.36. The first kappa shape index (κ1) is 25.2. The van der Waals surface area contributed by atoms with E-state index in [9.17, 15) is 19.1 Å². The van der Waals surface area contributed by atoms with Crippen molar-refractivity contribution in [3.63, 3.8) is 0 Å². The summed E-state index contributed by atoms with van der Waals surface area (Å²) in [6.07, 6.45) is 4.22. The lowest BCUT2D eigenvalue weighted by molar-refractivity contribution is 0.0313. The number of rotatable bonds is 6. The van der Waals surface area contributed by atoms with Crippen molar-refractivity contribution in [1.29, 1.82) is 0 Å². The van der Waals surface area contributed by atoms with Gasteiger partial charge in [0.05, 0.1) is 24.8 Å². The van der Waals surface area contributed by atoms with E-state index in [0.29, 0.717) is 23.2 Å². The van der Waals surface area contributed by atoms with Crippen LogP contribution in [0.1, 0.15) is 34.6 Å². The number of halogens is 1. The van der Waals surface area contributed by atoms with Crippen molar-refractivity contribution in [2.75, 3.05) is 26.7 Å². The van der Waals surface area contributed by atoms with Crippen molar-refractivity contribution in [3.05, 3.63) is 78.0 Å². The van der Waals surface area contributed by atoms with Gasteiger partial charge in [-0.05, 0) is 42.8 Å². The molecule has 8 nitrogen and oxygen atoms in total. The van der Waals surface area contributed by atoms with Crippen LogP contribution in [0.25, 0.3) is 11.1 Å². The molecule has 0 radical (unpaired) electrons. The number of nitrogens with zero attached hydrogens (tertiary/aromatic N) is 4. The molecule has 2 aromatic heterocycles. The van der Waals surface area contributed by atoms with Crippen LogP contribution >= 0.6 is 0 Å². The van der Waals surface area contributed by atoms with Crippen LogP contribution in [0.4, 0.5) is 4.39 Å². The number of carbonyl (C=O) groups is 2. The van der Waals surface area contributed by atoms with E-state index >= 15 is 0 Å². The highest BCUT2D eigenvalue weighted by Gasteiger charge is 2.35. The lowest BCUT2D eigenvalue weighted by atomic mass is 9.99. The average molecular weight is 493 g/mol. The van der Waals surface area contributed by atoms with E-state index < -0.39 is 12.1 Å². The van der Waals surface area contributed by atoms with E-state index in [4.69, 9.17) is 4.74 Å². The van der Waals surface area contributed by atoms with Crippen LogP contribution in [0.3, 0.4) is 0 Å². The Bertz CT molecular complexity index is 1220. The largest absolute Gasteiger partial charge is 0.472 e. The predicted octanol–water partition coefficient (Wildman–Crippen LogP) is 3.28. The summed E-state index contributed by atoms with van der Waals surface area (Å²) in [6.45, 7) is 4.09. The van der Waals surface area contributed by atoms with Gasteiger partial charge in [0.15, 0.2) is 0 Å². The first-order valence-corrected chi connectivity index (χ1v) is 11.8. The Kier molecular flexibility index (Phi) is 7.59. The molecule has 36 heavy (non-hydrogen) atoms. The van der Waals surface area contributed by atoms with Crippen LogP contribution in [0.2, 0.25) is 0 Å². The third-order valence-corrected chi connectivity index (χ3v) is 6.41. The molecule has 3 heterocycles. The van der Waals surface area contributed by atoms with Crippen molar-refractivity contribution in [1.82, 2.24) is 19.8 Å². The summed E-state index contributed by atoms with van der Waals surface area (Å²) in [7, 11) is 1.69. The maximum absolute atomic E-state index is 13.6. The zero-order chi connectivity index (χ0) is 25.8. The summed E-state index contributed by atoms with van der Waals surface area (Å²) in [5.74, 6) is -0.883. The molecule has 1 aromatic carbocycles. The van der Waals surface area contributed by atoms with E-state index in [1.807, 2.05) is 6.92 Å². The van der Waals surface area contributed by atoms with E-state index in [0.717, 1.165) is 0 Å². The van der Waals surface area contributed by atoms with E-state index in [1.54, 1.807) is 66.5 Å². The summed E-state index contributed by atoms with van der Waals surface area (Å²) in [6, 6.07) is 10.6. The molecule has 4 rings (SSSR count). The van der Waals surface area contributed by atoms with E-state index in [1.165, 1.54) is 18.3 Å². The van der Waals surface area contributed by atoms with Crippen LogP contribution in [-0.4, -0.2) is 75.6 Å². The standard InChI is InChI=1S/C27H29FN4O4/c1-17-14-32(18(2)16-33)27(35)23-11-21(19-6-8-22(28)9-7-19)13-30-25(23)36-24(17)15-31(3)26(34)20-5-4-10-29-12-20/h4-13,17-18,24,33H,14-16H2,1-3H3/t17-,18+,24+/m1/s1. The number of likely N-dealkylation sites (N-methyl/N-ethyl adjacent to an activating group) is 1. The molecule has 9 heteroatoms.